The highest BCUT2D eigenvalue weighted by Gasteiger charge is 2.65. The van der Waals surface area contributed by atoms with E-state index in [1.165, 1.54) is 12.1 Å². The molecule has 2 aliphatic rings. The molecule has 1 amide bonds. The summed E-state index contributed by atoms with van der Waals surface area (Å²) in [4.78, 5) is 50.5. The number of hydrogen-bond acceptors (Lipinski definition) is 6. The first-order chi connectivity index (χ1) is 15.9. The number of amides is 1. The summed E-state index contributed by atoms with van der Waals surface area (Å²) in [6, 6.07) is 4.39. The Morgan fingerprint density at radius 2 is 1.88 bits per heavy atom. The fourth-order valence-electron chi connectivity index (χ4n) is 5.28. The Bertz CT molecular complexity index is 1000. The Morgan fingerprint density at radius 3 is 2.56 bits per heavy atom. The average molecular weight is 513 g/mol. The van der Waals surface area contributed by atoms with Crippen LogP contribution in [0, 0.1) is 5.92 Å². The van der Waals surface area contributed by atoms with E-state index in [1.807, 2.05) is 27.8 Å². The normalized spacial score (nSPS) is 27.4. The van der Waals surface area contributed by atoms with Crippen molar-refractivity contribution in [3.63, 3.8) is 0 Å². The Labute approximate surface area is 209 Å². The van der Waals surface area contributed by atoms with Gasteiger partial charge in [-0.2, -0.15) is 0 Å². The van der Waals surface area contributed by atoms with Crippen LogP contribution in [0.4, 0.5) is 0 Å². The largest absolute Gasteiger partial charge is 0.604 e. The predicted octanol–water partition coefficient (Wildman–Crippen LogP) is 3.77. The second-order valence-electron chi connectivity index (χ2n) is 10.0. The Balaban J connectivity index is 1.82. The summed E-state index contributed by atoms with van der Waals surface area (Å²) >= 11 is 12.0. The molecule has 1 aromatic rings. The highest BCUT2D eigenvalue weighted by molar-refractivity contribution is 6.66. The molecule has 0 saturated carbocycles. The summed E-state index contributed by atoms with van der Waals surface area (Å²) in [5.41, 5.74) is 0.170. The second kappa shape index (κ2) is 10.3. The standard InChI is InChI=1S/C23H31BCl2N2O6/c1-14(2)9-16(11-18(29)13-27-23(32)19-12-17(25)5-6-20(19)26)24-28(4,8-7-21(30)33-24)15(3)10-22(31)34-24/h5-6,12,14-16H,7-11,13H2,1-4H3,(H,27,32)/t15-,16-,24?,28?/m1/s1. The van der Waals surface area contributed by atoms with E-state index < -0.39 is 30.3 Å². The lowest BCUT2D eigenvalue weighted by Crippen LogP contribution is -2.80. The SMILES string of the molecule is CC(C)C[C@H](CC(=O)CNC(=O)c1cc(Cl)ccc1Cl)[B-]12OC(=O)CC[N+]1(C)[C@H](C)CC(=O)O2. The molecule has 4 atom stereocenters. The van der Waals surface area contributed by atoms with Crippen molar-refractivity contribution >= 4 is 53.5 Å². The van der Waals surface area contributed by atoms with E-state index in [2.05, 4.69) is 5.32 Å². The fraction of sp³-hybridized carbons (Fsp3) is 0.565. The smallest absolute Gasteiger partial charge is 0.586 e. The first-order valence-electron chi connectivity index (χ1n) is 11.6. The van der Waals surface area contributed by atoms with Gasteiger partial charge in [-0.3, -0.25) is 19.2 Å². The van der Waals surface area contributed by atoms with Gasteiger partial charge in [0, 0.05) is 12.1 Å². The number of benzene rings is 1. The number of rotatable bonds is 8. The molecule has 2 aliphatic heterocycles. The zero-order chi connectivity index (χ0) is 25.3. The minimum Gasteiger partial charge on any atom is -0.604 e. The maximum Gasteiger partial charge on any atom is 0.586 e. The molecule has 11 heteroatoms. The Kier molecular flexibility index (Phi) is 8.00. The first-order valence-corrected chi connectivity index (χ1v) is 12.3. The lowest BCUT2D eigenvalue weighted by molar-refractivity contribution is -0.859. The number of nitrogens with zero attached hydrogens (tertiary/aromatic N) is 1. The van der Waals surface area contributed by atoms with E-state index in [9.17, 15) is 19.2 Å². The molecule has 0 bridgehead atoms. The van der Waals surface area contributed by atoms with E-state index in [4.69, 9.17) is 32.5 Å². The van der Waals surface area contributed by atoms with Crippen molar-refractivity contribution in [2.24, 2.45) is 5.92 Å². The van der Waals surface area contributed by atoms with Crippen LogP contribution in [0.5, 0.6) is 0 Å². The quantitative estimate of drug-likeness (QED) is 0.532. The first kappa shape index (κ1) is 26.5. The molecular formula is C23H31BCl2N2O6. The van der Waals surface area contributed by atoms with E-state index in [0.29, 0.717) is 18.0 Å². The molecule has 0 aromatic heterocycles. The number of halogens is 2. The maximum atomic E-state index is 13.0. The van der Waals surface area contributed by atoms with Crippen molar-refractivity contribution in [3.05, 3.63) is 33.8 Å². The van der Waals surface area contributed by atoms with E-state index >= 15 is 0 Å². The van der Waals surface area contributed by atoms with Gasteiger partial charge in [0.25, 0.3) is 17.8 Å². The molecule has 3 rings (SSSR count). The van der Waals surface area contributed by atoms with Crippen LogP contribution in [0.1, 0.15) is 56.8 Å². The Hall–Kier alpha value is -2.10. The molecule has 1 aromatic carbocycles. The van der Waals surface area contributed by atoms with Gasteiger partial charge in [0.1, 0.15) is 5.78 Å². The lowest BCUT2D eigenvalue weighted by Gasteiger charge is -2.64. The predicted molar refractivity (Wildman–Crippen MR) is 129 cm³/mol. The van der Waals surface area contributed by atoms with Gasteiger partial charge in [-0.25, -0.2) is 0 Å². The van der Waals surface area contributed by atoms with Crippen LogP contribution in [-0.4, -0.2) is 60.9 Å². The summed E-state index contributed by atoms with van der Waals surface area (Å²) in [5, 5.41) is 3.16. The number of carbonyl (C=O) groups excluding carboxylic acids is 4. The number of ketones is 1. The average Bonchev–Trinajstić information content (AvgIpc) is 2.74. The third-order valence-corrected chi connectivity index (χ3v) is 7.73. The zero-order valence-corrected chi connectivity index (χ0v) is 21.4. The monoisotopic (exact) mass is 512 g/mol. The van der Waals surface area contributed by atoms with Gasteiger partial charge in [-0.15, -0.1) is 0 Å². The van der Waals surface area contributed by atoms with Crippen LogP contribution in [0.2, 0.25) is 15.9 Å². The minimum atomic E-state index is -2.46. The van der Waals surface area contributed by atoms with Crippen molar-refractivity contribution in [1.82, 2.24) is 5.32 Å². The molecule has 8 nitrogen and oxygen atoms in total. The van der Waals surface area contributed by atoms with E-state index in [0.717, 1.165) is 0 Å². The highest BCUT2D eigenvalue weighted by atomic mass is 35.5. The fourth-order valence-corrected chi connectivity index (χ4v) is 5.65. The number of Topliss-reactive ketones (excluding diaryl/α,β-unsaturated/α-hetero) is 1. The van der Waals surface area contributed by atoms with Crippen LogP contribution in [-0.2, 0) is 23.7 Å². The van der Waals surface area contributed by atoms with Gasteiger partial charge in [0.05, 0.1) is 42.6 Å². The number of hydrogen-bond donors (Lipinski definition) is 1. The van der Waals surface area contributed by atoms with Crippen molar-refractivity contribution < 1.29 is 32.9 Å². The number of fused-ring (bicyclic) bond motifs is 1. The summed E-state index contributed by atoms with van der Waals surface area (Å²) in [6.07, 6.45) is 0.945. The minimum absolute atomic E-state index is 0.0111. The number of carbonyl (C=O) groups is 4. The van der Waals surface area contributed by atoms with Crippen LogP contribution in [0.25, 0.3) is 0 Å². The summed E-state index contributed by atoms with van der Waals surface area (Å²) < 4.78 is 12.1. The third kappa shape index (κ3) is 5.26. The van der Waals surface area contributed by atoms with Crippen molar-refractivity contribution in [2.75, 3.05) is 20.1 Å². The molecule has 2 unspecified atom stereocenters. The van der Waals surface area contributed by atoms with Crippen LogP contribution >= 0.6 is 23.2 Å². The number of nitrogens with one attached hydrogen (secondary N) is 1. The topological polar surface area (TPSA) is 98.8 Å². The molecule has 2 fully saturated rings. The van der Waals surface area contributed by atoms with Gasteiger partial charge < -0.3 is 19.0 Å². The molecule has 0 aliphatic carbocycles. The second-order valence-corrected chi connectivity index (χ2v) is 10.9. The van der Waals surface area contributed by atoms with Gasteiger partial charge in [-0.1, -0.05) is 43.5 Å². The summed E-state index contributed by atoms with van der Waals surface area (Å²) in [7, 11) is 1.93. The lowest BCUT2D eigenvalue weighted by atomic mass is 9.48. The van der Waals surface area contributed by atoms with Crippen molar-refractivity contribution in [1.29, 1.82) is 0 Å². The van der Waals surface area contributed by atoms with Gasteiger partial charge >= 0.3 is 6.69 Å². The van der Waals surface area contributed by atoms with Crippen molar-refractivity contribution in [3.8, 4) is 0 Å². The van der Waals surface area contributed by atoms with Crippen LogP contribution < -0.4 is 5.32 Å². The summed E-state index contributed by atoms with van der Waals surface area (Å²) in [6.45, 7) is 3.70. The molecule has 2 heterocycles. The molecule has 0 spiro atoms. The van der Waals surface area contributed by atoms with Crippen LogP contribution in [0.15, 0.2) is 18.2 Å². The molecule has 34 heavy (non-hydrogen) atoms. The molecular weight excluding hydrogens is 482 g/mol. The number of quaternary nitrogens is 1. The van der Waals surface area contributed by atoms with Crippen molar-refractivity contribution in [2.45, 2.75) is 58.3 Å². The van der Waals surface area contributed by atoms with E-state index in [1.54, 1.807) is 6.07 Å². The third-order valence-electron chi connectivity index (χ3n) is 7.17. The van der Waals surface area contributed by atoms with Gasteiger partial charge in [-0.05, 0) is 43.3 Å². The van der Waals surface area contributed by atoms with Crippen LogP contribution in [0.3, 0.4) is 0 Å². The maximum absolute atomic E-state index is 13.0. The molecule has 2 saturated heterocycles. The summed E-state index contributed by atoms with van der Waals surface area (Å²) in [5.74, 6) is -2.01. The zero-order valence-electron chi connectivity index (χ0n) is 19.9. The van der Waals surface area contributed by atoms with Gasteiger partial charge in [0.2, 0.25) is 0 Å². The molecule has 1 N–H and O–H groups in total. The highest BCUT2D eigenvalue weighted by Crippen LogP contribution is 2.46. The molecule has 0 radical (unpaired) electrons. The Morgan fingerprint density at radius 1 is 1.21 bits per heavy atom. The van der Waals surface area contributed by atoms with E-state index in [-0.39, 0.29) is 58.5 Å². The molecule has 186 valence electrons. The van der Waals surface area contributed by atoms with Gasteiger partial charge in [0.15, 0.2) is 0 Å².